The van der Waals surface area contributed by atoms with Crippen LogP contribution in [0.4, 0.5) is 4.39 Å². The van der Waals surface area contributed by atoms with Crippen molar-refractivity contribution in [3.8, 4) is 0 Å². The predicted molar refractivity (Wildman–Crippen MR) is 77.7 cm³/mol. The Balaban J connectivity index is 2.19. The molecule has 94 valence electrons. The van der Waals surface area contributed by atoms with Crippen LogP contribution in [0.25, 0.3) is 0 Å². The van der Waals surface area contributed by atoms with E-state index in [1.54, 1.807) is 13.0 Å². The zero-order valence-electron chi connectivity index (χ0n) is 10.6. The molecule has 1 unspecified atom stereocenters. The fourth-order valence-electron chi connectivity index (χ4n) is 1.95. The molecule has 0 spiro atoms. The molecule has 0 N–H and O–H groups in total. The molecule has 0 saturated heterocycles. The van der Waals surface area contributed by atoms with Crippen LogP contribution in [-0.2, 0) is 6.42 Å². The average Bonchev–Trinajstić information content (AvgIpc) is 2.35. The van der Waals surface area contributed by atoms with Crippen molar-refractivity contribution in [2.45, 2.75) is 25.1 Å². The maximum Gasteiger partial charge on any atom is 0.130 e. The van der Waals surface area contributed by atoms with Crippen molar-refractivity contribution in [3.05, 3.63) is 70.5 Å². The first-order valence-electron chi connectivity index (χ1n) is 6.02. The van der Waals surface area contributed by atoms with Crippen molar-refractivity contribution >= 4 is 15.9 Å². The molecule has 18 heavy (non-hydrogen) atoms. The first-order chi connectivity index (χ1) is 8.58. The molecule has 2 aromatic carbocycles. The molecule has 0 bridgehead atoms. The normalized spacial score (nSPS) is 12.4. The molecule has 0 aliphatic heterocycles. The minimum Gasteiger partial charge on any atom is -0.206 e. The quantitative estimate of drug-likeness (QED) is 0.690. The van der Waals surface area contributed by atoms with Crippen molar-refractivity contribution in [3.63, 3.8) is 0 Å². The predicted octanol–water partition coefficient (Wildman–Crippen LogP) is 5.12. The summed E-state index contributed by atoms with van der Waals surface area (Å²) in [6.45, 7) is 3.86. The van der Waals surface area contributed by atoms with E-state index in [1.165, 1.54) is 11.1 Å². The molecule has 0 saturated carbocycles. The zero-order chi connectivity index (χ0) is 13.1. The van der Waals surface area contributed by atoms with Gasteiger partial charge in [0.25, 0.3) is 0 Å². The molecule has 1 atom stereocenters. The van der Waals surface area contributed by atoms with E-state index < -0.39 is 0 Å². The third kappa shape index (κ3) is 2.99. The summed E-state index contributed by atoms with van der Waals surface area (Å²) in [7, 11) is 0. The Kier molecular flexibility index (Phi) is 4.18. The number of aryl methyl sites for hydroxylation is 2. The molecule has 2 aromatic rings. The van der Waals surface area contributed by atoms with Crippen LogP contribution >= 0.6 is 15.9 Å². The molecule has 0 fully saturated rings. The second kappa shape index (κ2) is 5.66. The average molecular weight is 307 g/mol. The maximum atomic E-state index is 14.0. The van der Waals surface area contributed by atoms with Crippen LogP contribution < -0.4 is 0 Å². The molecule has 0 radical (unpaired) electrons. The van der Waals surface area contributed by atoms with Crippen LogP contribution in [0.2, 0.25) is 0 Å². The Bertz CT molecular complexity index is 531. The van der Waals surface area contributed by atoms with E-state index in [2.05, 4.69) is 47.1 Å². The Hall–Kier alpha value is -1.15. The molecule has 0 aliphatic rings. The van der Waals surface area contributed by atoms with Crippen molar-refractivity contribution in [2.24, 2.45) is 0 Å². The highest BCUT2D eigenvalue weighted by Gasteiger charge is 2.14. The summed E-state index contributed by atoms with van der Waals surface area (Å²) in [4.78, 5) is 0.0140. The molecule has 0 amide bonds. The van der Waals surface area contributed by atoms with Crippen LogP contribution in [0.15, 0.2) is 42.5 Å². The van der Waals surface area contributed by atoms with Gasteiger partial charge in [-0.25, -0.2) is 4.39 Å². The van der Waals surface area contributed by atoms with Gasteiger partial charge >= 0.3 is 0 Å². The highest BCUT2D eigenvalue weighted by molar-refractivity contribution is 9.09. The Morgan fingerprint density at radius 1 is 1.06 bits per heavy atom. The van der Waals surface area contributed by atoms with Crippen molar-refractivity contribution in [2.75, 3.05) is 0 Å². The summed E-state index contributed by atoms with van der Waals surface area (Å²) < 4.78 is 14.0. The minimum atomic E-state index is -0.105. The summed E-state index contributed by atoms with van der Waals surface area (Å²) in [6, 6.07) is 13.9. The number of alkyl halides is 1. The Morgan fingerprint density at radius 3 is 2.39 bits per heavy atom. The lowest BCUT2D eigenvalue weighted by molar-refractivity contribution is 0.599. The van der Waals surface area contributed by atoms with E-state index >= 15 is 0 Å². The zero-order valence-corrected chi connectivity index (χ0v) is 12.2. The van der Waals surface area contributed by atoms with Gasteiger partial charge in [0.15, 0.2) is 0 Å². The van der Waals surface area contributed by atoms with E-state index in [4.69, 9.17) is 0 Å². The van der Waals surface area contributed by atoms with Crippen LogP contribution in [0, 0.1) is 19.7 Å². The maximum absolute atomic E-state index is 14.0. The first kappa shape index (κ1) is 13.3. The van der Waals surface area contributed by atoms with Crippen LogP contribution in [0.5, 0.6) is 0 Å². The number of benzene rings is 2. The van der Waals surface area contributed by atoms with Gasteiger partial charge in [-0.15, -0.1) is 0 Å². The van der Waals surface area contributed by atoms with E-state index in [1.807, 2.05) is 12.1 Å². The van der Waals surface area contributed by atoms with Gasteiger partial charge in [-0.05, 0) is 31.4 Å². The second-order valence-electron chi connectivity index (χ2n) is 4.64. The minimum absolute atomic E-state index is 0.0140. The molecule has 0 aromatic heterocycles. The summed E-state index contributed by atoms with van der Waals surface area (Å²) in [5.74, 6) is -0.105. The second-order valence-corrected chi connectivity index (χ2v) is 5.74. The van der Waals surface area contributed by atoms with Gasteiger partial charge in [0, 0.05) is 10.4 Å². The van der Waals surface area contributed by atoms with Gasteiger partial charge < -0.3 is 0 Å². The lowest BCUT2D eigenvalue weighted by Gasteiger charge is -2.12. The summed E-state index contributed by atoms with van der Waals surface area (Å²) in [5, 5.41) is 0. The topological polar surface area (TPSA) is 0 Å². The first-order valence-corrected chi connectivity index (χ1v) is 6.94. The fourth-order valence-corrected chi connectivity index (χ4v) is 2.68. The van der Waals surface area contributed by atoms with Gasteiger partial charge in [-0.1, -0.05) is 64.0 Å². The number of hydrogen-bond acceptors (Lipinski definition) is 0. The van der Waals surface area contributed by atoms with Crippen LogP contribution in [-0.4, -0.2) is 0 Å². The largest absolute Gasteiger partial charge is 0.206 e. The lowest BCUT2D eigenvalue weighted by atomic mass is 10.0. The highest BCUT2D eigenvalue weighted by atomic mass is 79.9. The third-order valence-corrected chi connectivity index (χ3v) is 3.91. The standard InChI is InChI=1S/C16H16BrF/c1-11-6-8-13(9-7-11)10-15(17)14-5-3-4-12(2)16(14)18/h3-9,15H,10H2,1-2H3. The van der Waals surface area contributed by atoms with Gasteiger partial charge in [0.1, 0.15) is 5.82 Å². The third-order valence-electron chi connectivity index (χ3n) is 3.09. The molecular weight excluding hydrogens is 291 g/mol. The van der Waals surface area contributed by atoms with E-state index in [0.29, 0.717) is 5.56 Å². The summed E-state index contributed by atoms with van der Waals surface area (Å²) in [5.41, 5.74) is 3.88. The number of hydrogen-bond donors (Lipinski definition) is 0. The molecule has 2 rings (SSSR count). The van der Waals surface area contributed by atoms with Crippen molar-refractivity contribution < 1.29 is 4.39 Å². The van der Waals surface area contributed by atoms with Crippen LogP contribution in [0.1, 0.15) is 27.1 Å². The smallest absolute Gasteiger partial charge is 0.130 e. The monoisotopic (exact) mass is 306 g/mol. The highest BCUT2D eigenvalue weighted by Crippen LogP contribution is 2.30. The molecule has 0 aliphatic carbocycles. The van der Waals surface area contributed by atoms with Gasteiger partial charge in [0.2, 0.25) is 0 Å². The summed E-state index contributed by atoms with van der Waals surface area (Å²) >= 11 is 3.59. The number of halogens is 2. The van der Waals surface area contributed by atoms with E-state index in [9.17, 15) is 4.39 Å². The lowest BCUT2D eigenvalue weighted by Crippen LogP contribution is -2.00. The molecule has 0 heterocycles. The number of rotatable bonds is 3. The molecule has 0 nitrogen and oxygen atoms in total. The van der Waals surface area contributed by atoms with Gasteiger partial charge in [-0.3, -0.25) is 0 Å². The Labute approximate surface area is 116 Å². The van der Waals surface area contributed by atoms with Crippen LogP contribution in [0.3, 0.4) is 0 Å². The molecule has 2 heteroatoms. The van der Waals surface area contributed by atoms with Gasteiger partial charge in [-0.2, -0.15) is 0 Å². The SMILES string of the molecule is Cc1ccc(CC(Br)c2cccc(C)c2F)cc1. The molecular formula is C16H16BrF. The van der Waals surface area contributed by atoms with Crippen molar-refractivity contribution in [1.82, 2.24) is 0 Å². The van der Waals surface area contributed by atoms with E-state index in [0.717, 1.165) is 12.0 Å². The Morgan fingerprint density at radius 2 is 1.72 bits per heavy atom. The fraction of sp³-hybridized carbons (Fsp3) is 0.250. The van der Waals surface area contributed by atoms with E-state index in [-0.39, 0.29) is 10.6 Å². The van der Waals surface area contributed by atoms with Gasteiger partial charge in [0.05, 0.1) is 0 Å². The van der Waals surface area contributed by atoms with Crippen molar-refractivity contribution in [1.29, 1.82) is 0 Å². The summed E-state index contributed by atoms with van der Waals surface area (Å²) in [6.07, 6.45) is 0.792.